The average molecular weight is 502 g/mol. The Morgan fingerprint density at radius 1 is 1.00 bits per heavy atom. The van der Waals surface area contributed by atoms with Gasteiger partial charge in [-0.15, -0.1) is 11.3 Å². The topological polar surface area (TPSA) is 37.3 Å². The van der Waals surface area contributed by atoms with Crippen molar-refractivity contribution in [2.24, 2.45) is 0 Å². The van der Waals surface area contributed by atoms with Crippen LogP contribution in [-0.4, -0.2) is 22.0 Å². The standard InChI is InChI=1S/C29H28ClN3OS/c30-22-11-6-10-21(18-22)27-25-13-7-17-32(25)28-24(23-12-4-5-14-26(23)35-28)19-33(27)29(34)31-16-15-20-8-2-1-3-9-20/h1-3,6-11,13,17-18,27H,4-5,12,14-16,19H2,(H,31,34). The third-order valence-electron chi connectivity index (χ3n) is 7.14. The molecule has 2 aromatic carbocycles. The SMILES string of the molecule is O=C(NCCc1ccccc1)N1Cc2c(sc3c2CCCC3)-n2cccc2C1c1cccc(Cl)c1. The summed E-state index contributed by atoms with van der Waals surface area (Å²) < 4.78 is 2.31. The Hall–Kier alpha value is -3.02. The van der Waals surface area contributed by atoms with Gasteiger partial charge in [-0.05, 0) is 73.1 Å². The van der Waals surface area contributed by atoms with Gasteiger partial charge in [0.1, 0.15) is 5.00 Å². The molecular formula is C29H28ClN3OS. The number of urea groups is 1. The molecule has 4 nitrogen and oxygen atoms in total. The van der Waals surface area contributed by atoms with Crippen LogP contribution in [0.25, 0.3) is 5.00 Å². The first-order valence-corrected chi connectivity index (χ1v) is 13.5. The number of aromatic nitrogens is 1. The molecule has 1 unspecified atom stereocenters. The fourth-order valence-corrected chi connectivity index (χ4v) is 7.08. The quantitative estimate of drug-likeness (QED) is 0.323. The van der Waals surface area contributed by atoms with Crippen molar-refractivity contribution >= 4 is 29.0 Å². The lowest BCUT2D eigenvalue weighted by Gasteiger charge is -2.31. The third-order valence-corrected chi connectivity index (χ3v) is 8.71. The van der Waals surface area contributed by atoms with E-state index in [1.54, 1.807) is 0 Å². The third kappa shape index (κ3) is 4.28. The molecule has 35 heavy (non-hydrogen) atoms. The van der Waals surface area contributed by atoms with Crippen LogP contribution in [0.5, 0.6) is 0 Å². The fraction of sp³-hybridized carbons (Fsp3) is 0.276. The predicted octanol–water partition coefficient (Wildman–Crippen LogP) is 6.93. The molecule has 4 aromatic rings. The maximum Gasteiger partial charge on any atom is 0.318 e. The summed E-state index contributed by atoms with van der Waals surface area (Å²) in [5.41, 5.74) is 6.12. The smallest absolute Gasteiger partial charge is 0.318 e. The molecule has 1 N–H and O–H groups in total. The van der Waals surface area contributed by atoms with Gasteiger partial charge in [-0.2, -0.15) is 0 Å². The van der Waals surface area contributed by atoms with Crippen molar-refractivity contribution in [1.82, 2.24) is 14.8 Å². The number of nitrogens with zero attached hydrogens (tertiary/aromatic N) is 2. The first-order chi connectivity index (χ1) is 17.2. The van der Waals surface area contributed by atoms with Gasteiger partial charge in [0.2, 0.25) is 0 Å². The number of rotatable bonds is 4. The van der Waals surface area contributed by atoms with Crippen LogP contribution in [0.15, 0.2) is 72.9 Å². The highest BCUT2D eigenvalue weighted by Crippen LogP contribution is 2.44. The molecular weight excluding hydrogens is 474 g/mol. The molecule has 1 aliphatic carbocycles. The Kier molecular flexibility index (Phi) is 6.13. The maximum absolute atomic E-state index is 13.8. The lowest BCUT2D eigenvalue weighted by molar-refractivity contribution is 0.180. The van der Waals surface area contributed by atoms with Gasteiger partial charge in [0.15, 0.2) is 0 Å². The van der Waals surface area contributed by atoms with Gasteiger partial charge in [-0.1, -0.05) is 54.1 Å². The number of thiophene rings is 1. The van der Waals surface area contributed by atoms with Crippen LogP contribution in [-0.2, 0) is 25.8 Å². The Bertz CT molecular complexity index is 1360. The van der Waals surface area contributed by atoms with E-state index in [0.29, 0.717) is 18.1 Å². The number of halogens is 1. The van der Waals surface area contributed by atoms with Crippen LogP contribution in [0, 0.1) is 0 Å². The van der Waals surface area contributed by atoms with Gasteiger partial charge in [0.05, 0.1) is 18.3 Å². The second kappa shape index (κ2) is 9.56. The minimum absolute atomic E-state index is 0.0396. The summed E-state index contributed by atoms with van der Waals surface area (Å²) in [5.74, 6) is 0. The molecule has 0 bridgehead atoms. The van der Waals surface area contributed by atoms with E-state index in [-0.39, 0.29) is 12.1 Å². The van der Waals surface area contributed by atoms with Crippen LogP contribution in [0.4, 0.5) is 4.79 Å². The number of hydrogen-bond acceptors (Lipinski definition) is 2. The van der Waals surface area contributed by atoms with Gasteiger partial charge in [-0.3, -0.25) is 0 Å². The lowest BCUT2D eigenvalue weighted by atomic mass is 9.95. The minimum Gasteiger partial charge on any atom is -0.338 e. The number of aryl methyl sites for hydroxylation is 1. The summed E-state index contributed by atoms with van der Waals surface area (Å²) in [5, 5.41) is 5.17. The zero-order chi connectivity index (χ0) is 23.8. The van der Waals surface area contributed by atoms with E-state index in [0.717, 1.165) is 30.5 Å². The maximum atomic E-state index is 13.8. The molecule has 2 aliphatic rings. The summed E-state index contributed by atoms with van der Waals surface area (Å²) in [4.78, 5) is 17.3. The molecule has 0 radical (unpaired) electrons. The van der Waals surface area contributed by atoms with Gasteiger partial charge in [0, 0.05) is 28.2 Å². The number of fused-ring (bicyclic) bond motifs is 5. The molecule has 6 heteroatoms. The van der Waals surface area contributed by atoms with Gasteiger partial charge >= 0.3 is 6.03 Å². The minimum atomic E-state index is -0.223. The molecule has 0 fully saturated rings. The van der Waals surface area contributed by atoms with Crippen LogP contribution in [0.2, 0.25) is 5.02 Å². The van der Waals surface area contributed by atoms with Crippen molar-refractivity contribution in [3.63, 3.8) is 0 Å². The average Bonchev–Trinajstić information content (AvgIpc) is 3.46. The Labute approximate surface area is 215 Å². The molecule has 3 heterocycles. The van der Waals surface area contributed by atoms with E-state index in [1.807, 2.05) is 52.6 Å². The monoisotopic (exact) mass is 501 g/mol. The first kappa shape index (κ1) is 22.4. The number of carbonyl (C=O) groups excluding carboxylic acids is 1. The van der Waals surface area contributed by atoms with E-state index < -0.39 is 0 Å². The van der Waals surface area contributed by atoms with Gasteiger partial charge < -0.3 is 14.8 Å². The molecule has 0 saturated carbocycles. The van der Waals surface area contributed by atoms with Crippen molar-refractivity contribution in [2.45, 2.75) is 44.7 Å². The van der Waals surface area contributed by atoms with Crippen LogP contribution >= 0.6 is 22.9 Å². The Morgan fingerprint density at radius 3 is 2.71 bits per heavy atom. The van der Waals surface area contributed by atoms with Crippen molar-refractivity contribution in [1.29, 1.82) is 0 Å². The normalized spacial score (nSPS) is 16.7. The molecule has 6 rings (SSSR count). The van der Waals surface area contributed by atoms with Crippen molar-refractivity contribution < 1.29 is 4.79 Å². The highest BCUT2D eigenvalue weighted by Gasteiger charge is 2.36. The molecule has 2 amide bonds. The van der Waals surface area contributed by atoms with Crippen molar-refractivity contribution in [2.75, 3.05) is 6.54 Å². The number of hydrogen-bond donors (Lipinski definition) is 1. The molecule has 0 spiro atoms. The second-order valence-corrected chi connectivity index (χ2v) is 10.9. The van der Waals surface area contributed by atoms with E-state index in [1.165, 1.54) is 39.4 Å². The summed E-state index contributed by atoms with van der Waals surface area (Å²) in [7, 11) is 0. The predicted molar refractivity (Wildman–Crippen MR) is 143 cm³/mol. The number of nitrogens with one attached hydrogen (secondary N) is 1. The summed E-state index contributed by atoms with van der Waals surface area (Å²) in [6, 6.07) is 22.2. The Balaban J connectivity index is 1.39. The van der Waals surface area contributed by atoms with Crippen LogP contribution < -0.4 is 5.32 Å². The van der Waals surface area contributed by atoms with E-state index >= 15 is 0 Å². The van der Waals surface area contributed by atoms with E-state index in [2.05, 4.69) is 46.4 Å². The van der Waals surface area contributed by atoms with Crippen LogP contribution in [0.3, 0.4) is 0 Å². The second-order valence-electron chi connectivity index (χ2n) is 9.35. The van der Waals surface area contributed by atoms with E-state index in [9.17, 15) is 4.79 Å². The number of carbonyl (C=O) groups is 1. The zero-order valence-electron chi connectivity index (χ0n) is 19.5. The summed E-state index contributed by atoms with van der Waals surface area (Å²) in [6.07, 6.45) is 7.66. The largest absolute Gasteiger partial charge is 0.338 e. The number of amides is 2. The summed E-state index contributed by atoms with van der Waals surface area (Å²) >= 11 is 8.33. The molecule has 1 aliphatic heterocycles. The highest BCUT2D eigenvalue weighted by molar-refractivity contribution is 7.15. The summed E-state index contributed by atoms with van der Waals surface area (Å²) in [6.45, 7) is 1.19. The fourth-order valence-electron chi connectivity index (χ4n) is 5.47. The highest BCUT2D eigenvalue weighted by atomic mass is 35.5. The molecule has 0 saturated heterocycles. The zero-order valence-corrected chi connectivity index (χ0v) is 21.1. The Morgan fingerprint density at radius 2 is 1.86 bits per heavy atom. The number of benzene rings is 2. The molecule has 2 aromatic heterocycles. The van der Waals surface area contributed by atoms with Gasteiger partial charge in [-0.25, -0.2) is 4.79 Å². The van der Waals surface area contributed by atoms with Gasteiger partial charge in [0.25, 0.3) is 0 Å². The van der Waals surface area contributed by atoms with Crippen molar-refractivity contribution in [3.05, 3.63) is 111 Å². The van der Waals surface area contributed by atoms with E-state index in [4.69, 9.17) is 11.6 Å². The van der Waals surface area contributed by atoms with Crippen LogP contribution in [0.1, 0.15) is 51.7 Å². The molecule has 1 atom stereocenters. The first-order valence-electron chi connectivity index (χ1n) is 12.3. The molecule has 178 valence electrons. The van der Waals surface area contributed by atoms with Crippen molar-refractivity contribution in [3.8, 4) is 5.00 Å². The lowest BCUT2D eigenvalue weighted by Crippen LogP contribution is -2.42.